The number of hydrogen-bond donors (Lipinski definition) is 1. The number of likely N-dealkylation sites (tertiary alicyclic amines) is 1. The van der Waals surface area contributed by atoms with Crippen LogP contribution >= 0.6 is 11.3 Å². The lowest BCUT2D eigenvalue weighted by molar-refractivity contribution is -0.121. The Morgan fingerprint density at radius 1 is 1.46 bits per heavy atom. The van der Waals surface area contributed by atoms with Crippen LogP contribution in [0.2, 0.25) is 0 Å². The first-order valence-electron chi connectivity index (χ1n) is 8.61. The zero-order chi connectivity index (χ0) is 16.9. The van der Waals surface area contributed by atoms with Gasteiger partial charge in [0.05, 0.1) is 6.20 Å². The maximum atomic E-state index is 12.2. The minimum absolute atomic E-state index is 0.136. The number of rotatable bonds is 6. The van der Waals surface area contributed by atoms with Crippen LogP contribution < -0.4 is 5.32 Å². The molecular weight excluding hydrogens is 320 g/mol. The smallest absolute Gasteiger partial charge is 0.220 e. The molecular formula is C18H26N4OS. The van der Waals surface area contributed by atoms with E-state index in [9.17, 15) is 4.79 Å². The first kappa shape index (κ1) is 17.2. The number of hydrogen-bond acceptors (Lipinski definition) is 4. The van der Waals surface area contributed by atoms with Gasteiger partial charge in [0.1, 0.15) is 0 Å². The van der Waals surface area contributed by atoms with Crippen molar-refractivity contribution < 1.29 is 4.79 Å². The Hall–Kier alpha value is -1.66. The molecule has 1 aliphatic rings. The van der Waals surface area contributed by atoms with E-state index in [2.05, 4.69) is 39.9 Å². The lowest BCUT2D eigenvalue weighted by Crippen LogP contribution is -2.41. The topological polar surface area (TPSA) is 50.2 Å². The molecule has 0 spiro atoms. The number of amides is 1. The minimum Gasteiger partial charge on any atom is -0.356 e. The predicted molar refractivity (Wildman–Crippen MR) is 97.0 cm³/mol. The van der Waals surface area contributed by atoms with Gasteiger partial charge in [-0.25, -0.2) is 0 Å². The van der Waals surface area contributed by atoms with Gasteiger partial charge in [-0.3, -0.25) is 14.4 Å². The highest BCUT2D eigenvalue weighted by molar-refractivity contribution is 7.10. The second kappa shape index (κ2) is 7.94. The Morgan fingerprint density at radius 2 is 2.33 bits per heavy atom. The van der Waals surface area contributed by atoms with Crippen LogP contribution in [0.5, 0.6) is 0 Å². The van der Waals surface area contributed by atoms with Gasteiger partial charge in [-0.2, -0.15) is 5.10 Å². The summed E-state index contributed by atoms with van der Waals surface area (Å²) in [6, 6.07) is 4.76. The average Bonchev–Trinajstić information content (AvgIpc) is 3.22. The molecule has 130 valence electrons. The van der Waals surface area contributed by atoms with Crippen molar-refractivity contribution in [2.45, 2.75) is 31.7 Å². The van der Waals surface area contributed by atoms with Crippen LogP contribution in [0, 0.1) is 5.92 Å². The molecule has 0 aromatic carbocycles. The van der Waals surface area contributed by atoms with E-state index in [0.717, 1.165) is 25.1 Å². The molecule has 1 saturated heterocycles. The van der Waals surface area contributed by atoms with Gasteiger partial charge >= 0.3 is 0 Å². The van der Waals surface area contributed by atoms with E-state index in [0.29, 0.717) is 18.4 Å². The van der Waals surface area contributed by atoms with Crippen molar-refractivity contribution >= 4 is 17.2 Å². The maximum absolute atomic E-state index is 12.2. The van der Waals surface area contributed by atoms with E-state index in [1.54, 1.807) is 4.68 Å². The summed E-state index contributed by atoms with van der Waals surface area (Å²) in [6.45, 7) is 1.90. The third-order valence-electron chi connectivity index (χ3n) is 4.80. The van der Waals surface area contributed by atoms with E-state index in [4.69, 9.17) is 0 Å². The molecule has 1 fully saturated rings. The van der Waals surface area contributed by atoms with Crippen LogP contribution in [-0.2, 0) is 18.3 Å². The molecule has 3 heterocycles. The number of thiophene rings is 1. The molecule has 0 unspecified atom stereocenters. The van der Waals surface area contributed by atoms with Crippen LogP contribution in [-0.4, -0.2) is 40.7 Å². The Kier molecular flexibility index (Phi) is 5.68. The van der Waals surface area contributed by atoms with Gasteiger partial charge in [0.2, 0.25) is 5.91 Å². The largest absolute Gasteiger partial charge is 0.356 e. The molecule has 1 amide bonds. The van der Waals surface area contributed by atoms with Gasteiger partial charge in [0, 0.05) is 37.1 Å². The second-order valence-corrected chi connectivity index (χ2v) is 7.65. The Labute approximate surface area is 147 Å². The van der Waals surface area contributed by atoms with Crippen molar-refractivity contribution in [3.05, 3.63) is 40.3 Å². The van der Waals surface area contributed by atoms with Crippen LogP contribution in [0.15, 0.2) is 29.9 Å². The van der Waals surface area contributed by atoms with E-state index in [1.165, 1.54) is 17.7 Å². The molecule has 24 heavy (non-hydrogen) atoms. The number of piperidine rings is 1. The summed E-state index contributed by atoms with van der Waals surface area (Å²) >= 11 is 1.82. The number of nitrogens with one attached hydrogen (secondary N) is 1. The second-order valence-electron chi connectivity index (χ2n) is 6.67. The lowest BCUT2D eigenvalue weighted by atomic mass is 9.88. The van der Waals surface area contributed by atoms with Crippen molar-refractivity contribution in [3.8, 4) is 0 Å². The van der Waals surface area contributed by atoms with Gasteiger partial charge in [0.15, 0.2) is 0 Å². The molecule has 1 N–H and O–H groups in total. The summed E-state index contributed by atoms with van der Waals surface area (Å²) in [6.07, 6.45) is 7.45. The molecule has 3 rings (SSSR count). The van der Waals surface area contributed by atoms with Gasteiger partial charge in [0.25, 0.3) is 0 Å². The third-order valence-corrected chi connectivity index (χ3v) is 5.75. The lowest BCUT2D eigenvalue weighted by Gasteiger charge is -2.38. The summed E-state index contributed by atoms with van der Waals surface area (Å²) in [4.78, 5) is 16.0. The molecule has 2 aromatic rings. The summed E-state index contributed by atoms with van der Waals surface area (Å²) in [5, 5.41) is 9.44. The van der Waals surface area contributed by atoms with E-state index < -0.39 is 0 Å². The van der Waals surface area contributed by atoms with Crippen LogP contribution in [0.25, 0.3) is 0 Å². The normalized spacial score (nSPS) is 21.8. The highest BCUT2D eigenvalue weighted by Crippen LogP contribution is 2.36. The standard InChI is InChI=1S/C18H26N4OS/c1-21-9-3-5-15(18(21)16-6-4-10-24-16)12-19-17(23)8-7-14-11-20-22(2)13-14/h4,6,10-11,13,15,18H,3,5,7-9,12H2,1-2H3,(H,19,23)/t15-,18-/m0/s1. The van der Waals surface area contributed by atoms with Crippen molar-refractivity contribution in [1.82, 2.24) is 20.0 Å². The Morgan fingerprint density at radius 3 is 3.04 bits per heavy atom. The van der Waals surface area contributed by atoms with Crippen molar-refractivity contribution in [1.29, 1.82) is 0 Å². The highest BCUT2D eigenvalue weighted by atomic mass is 32.1. The zero-order valence-electron chi connectivity index (χ0n) is 14.4. The molecule has 0 radical (unpaired) electrons. The predicted octanol–water partition coefficient (Wildman–Crippen LogP) is 2.61. The summed E-state index contributed by atoms with van der Waals surface area (Å²) in [5.74, 6) is 0.627. The molecule has 2 atom stereocenters. The highest BCUT2D eigenvalue weighted by Gasteiger charge is 2.31. The molecule has 0 aliphatic carbocycles. The molecule has 1 aliphatic heterocycles. The molecule has 0 bridgehead atoms. The third kappa shape index (κ3) is 4.24. The van der Waals surface area contributed by atoms with Crippen molar-refractivity contribution in [2.75, 3.05) is 20.1 Å². The van der Waals surface area contributed by atoms with Crippen LogP contribution in [0.1, 0.15) is 35.7 Å². The fraction of sp³-hybridized carbons (Fsp3) is 0.556. The quantitative estimate of drug-likeness (QED) is 0.875. The molecule has 5 nitrogen and oxygen atoms in total. The van der Waals surface area contributed by atoms with Crippen LogP contribution in [0.3, 0.4) is 0 Å². The fourth-order valence-electron chi connectivity index (χ4n) is 3.57. The molecule has 6 heteroatoms. The SMILES string of the molecule is CN1CCC[C@@H](CNC(=O)CCc2cnn(C)c2)[C@H]1c1cccs1. The fourth-order valence-corrected chi connectivity index (χ4v) is 4.56. The van der Waals surface area contributed by atoms with Crippen LogP contribution in [0.4, 0.5) is 0 Å². The van der Waals surface area contributed by atoms with Gasteiger partial charge in [-0.05, 0) is 55.8 Å². The van der Waals surface area contributed by atoms with E-state index >= 15 is 0 Å². The minimum atomic E-state index is 0.136. The first-order valence-corrected chi connectivity index (χ1v) is 9.49. The number of aryl methyl sites for hydroxylation is 2. The van der Waals surface area contributed by atoms with E-state index in [-0.39, 0.29) is 5.91 Å². The molecule has 2 aromatic heterocycles. The van der Waals surface area contributed by atoms with E-state index in [1.807, 2.05) is 30.8 Å². The number of nitrogens with zero attached hydrogens (tertiary/aromatic N) is 3. The van der Waals surface area contributed by atoms with Gasteiger partial charge in [-0.15, -0.1) is 11.3 Å². The van der Waals surface area contributed by atoms with Crippen molar-refractivity contribution in [2.24, 2.45) is 13.0 Å². The van der Waals surface area contributed by atoms with Gasteiger partial charge in [-0.1, -0.05) is 6.07 Å². The monoisotopic (exact) mass is 346 g/mol. The zero-order valence-corrected chi connectivity index (χ0v) is 15.3. The average molecular weight is 346 g/mol. The van der Waals surface area contributed by atoms with Crippen molar-refractivity contribution in [3.63, 3.8) is 0 Å². The summed E-state index contributed by atoms with van der Waals surface area (Å²) in [5.41, 5.74) is 1.11. The van der Waals surface area contributed by atoms with Gasteiger partial charge < -0.3 is 5.32 Å². The first-order chi connectivity index (χ1) is 11.6. The Balaban J connectivity index is 1.51. The number of aromatic nitrogens is 2. The molecule has 0 saturated carbocycles. The Bertz CT molecular complexity index is 652. The number of carbonyl (C=O) groups is 1. The summed E-state index contributed by atoms with van der Waals surface area (Å²) < 4.78 is 1.77. The maximum Gasteiger partial charge on any atom is 0.220 e. The number of carbonyl (C=O) groups excluding carboxylic acids is 1. The summed E-state index contributed by atoms with van der Waals surface area (Å²) in [7, 11) is 4.09.